The fourth-order valence-corrected chi connectivity index (χ4v) is 1.64. The van der Waals surface area contributed by atoms with E-state index in [-0.39, 0.29) is 5.60 Å². The zero-order chi connectivity index (χ0) is 9.73. The van der Waals surface area contributed by atoms with Gasteiger partial charge in [0.1, 0.15) is 0 Å². The summed E-state index contributed by atoms with van der Waals surface area (Å²) in [6.45, 7) is 10.5. The second kappa shape index (κ2) is 4.77. The van der Waals surface area contributed by atoms with Crippen LogP contribution in [0.1, 0.15) is 27.2 Å². The Morgan fingerprint density at radius 2 is 2.31 bits per heavy atom. The van der Waals surface area contributed by atoms with Gasteiger partial charge in [0.05, 0.1) is 12.2 Å². The Bertz CT molecular complexity index is 179. The summed E-state index contributed by atoms with van der Waals surface area (Å²) in [7, 11) is 0. The summed E-state index contributed by atoms with van der Waals surface area (Å²) in [5.74, 6) is 0. The number of nitrogens with zero attached hydrogens (tertiary/aromatic N) is 1. The van der Waals surface area contributed by atoms with Crippen molar-refractivity contribution in [1.29, 1.82) is 0 Å². The lowest BCUT2D eigenvalue weighted by atomic mass is 10.0. The summed E-state index contributed by atoms with van der Waals surface area (Å²) in [6, 6.07) is 0. The lowest BCUT2D eigenvalue weighted by molar-refractivity contribution is -0.0965. The number of ether oxygens (including phenoxy) is 1. The van der Waals surface area contributed by atoms with Crippen LogP contribution in [-0.4, -0.2) is 36.7 Å². The highest BCUT2D eigenvalue weighted by molar-refractivity contribution is 4.87. The minimum Gasteiger partial charge on any atom is -0.373 e. The van der Waals surface area contributed by atoms with Crippen molar-refractivity contribution >= 4 is 0 Å². The predicted octanol–water partition coefficient (Wildman–Crippen LogP) is 2.06. The molecule has 0 aromatic heterocycles. The molecule has 0 saturated carbocycles. The van der Waals surface area contributed by atoms with Crippen molar-refractivity contribution in [1.82, 2.24) is 4.90 Å². The van der Waals surface area contributed by atoms with Gasteiger partial charge in [-0.05, 0) is 20.3 Å². The minimum atomic E-state index is 0.0832. The van der Waals surface area contributed by atoms with E-state index in [0.717, 1.165) is 32.7 Å². The Morgan fingerprint density at radius 3 is 2.92 bits per heavy atom. The molecule has 1 aliphatic heterocycles. The molecule has 1 aliphatic rings. The average molecular weight is 183 g/mol. The Hall–Kier alpha value is -0.340. The molecule has 1 unspecified atom stereocenters. The minimum absolute atomic E-state index is 0.0832. The fourth-order valence-electron chi connectivity index (χ4n) is 1.64. The van der Waals surface area contributed by atoms with Crippen LogP contribution in [0.15, 0.2) is 12.2 Å². The highest BCUT2D eigenvalue weighted by Gasteiger charge is 2.29. The summed E-state index contributed by atoms with van der Waals surface area (Å²) in [5, 5.41) is 0. The third-order valence-electron chi connectivity index (χ3n) is 2.76. The van der Waals surface area contributed by atoms with Crippen LogP contribution < -0.4 is 0 Å². The first-order chi connectivity index (χ1) is 6.20. The number of hydrogen-bond donors (Lipinski definition) is 0. The van der Waals surface area contributed by atoms with Gasteiger partial charge in [0, 0.05) is 19.6 Å². The predicted molar refractivity (Wildman–Crippen MR) is 55.9 cm³/mol. The van der Waals surface area contributed by atoms with E-state index in [1.165, 1.54) is 0 Å². The van der Waals surface area contributed by atoms with Gasteiger partial charge < -0.3 is 4.74 Å². The van der Waals surface area contributed by atoms with E-state index in [1.807, 2.05) is 0 Å². The summed E-state index contributed by atoms with van der Waals surface area (Å²) in [6.07, 6.45) is 5.42. The molecule has 13 heavy (non-hydrogen) atoms. The molecule has 1 heterocycles. The Kier molecular flexibility index (Phi) is 3.94. The van der Waals surface area contributed by atoms with Crippen LogP contribution in [0, 0.1) is 0 Å². The topological polar surface area (TPSA) is 12.5 Å². The third kappa shape index (κ3) is 3.12. The first-order valence-corrected chi connectivity index (χ1v) is 5.17. The molecule has 2 nitrogen and oxygen atoms in total. The van der Waals surface area contributed by atoms with Crippen molar-refractivity contribution < 1.29 is 4.74 Å². The van der Waals surface area contributed by atoms with E-state index >= 15 is 0 Å². The Morgan fingerprint density at radius 1 is 1.54 bits per heavy atom. The number of morpholine rings is 1. The first kappa shape index (κ1) is 10.7. The lowest BCUT2D eigenvalue weighted by Crippen LogP contribution is -2.49. The largest absolute Gasteiger partial charge is 0.373 e. The van der Waals surface area contributed by atoms with E-state index in [1.54, 1.807) is 0 Å². The van der Waals surface area contributed by atoms with Gasteiger partial charge >= 0.3 is 0 Å². The quantitative estimate of drug-likeness (QED) is 0.621. The molecule has 0 N–H and O–H groups in total. The zero-order valence-electron chi connectivity index (χ0n) is 9.05. The lowest BCUT2D eigenvalue weighted by Gasteiger charge is -2.39. The monoisotopic (exact) mass is 183 g/mol. The zero-order valence-corrected chi connectivity index (χ0v) is 9.05. The first-order valence-electron chi connectivity index (χ1n) is 5.17. The Balaban J connectivity index is 2.41. The summed E-state index contributed by atoms with van der Waals surface area (Å²) < 4.78 is 5.76. The SMILES string of the molecule is C/C=C/CN1CCOC(C)(CC)C1. The van der Waals surface area contributed by atoms with Gasteiger partial charge in [0.15, 0.2) is 0 Å². The highest BCUT2D eigenvalue weighted by atomic mass is 16.5. The van der Waals surface area contributed by atoms with Gasteiger partial charge in [-0.25, -0.2) is 0 Å². The van der Waals surface area contributed by atoms with Crippen LogP contribution in [0.3, 0.4) is 0 Å². The van der Waals surface area contributed by atoms with Crippen LogP contribution in [0.4, 0.5) is 0 Å². The molecular weight excluding hydrogens is 162 g/mol. The molecule has 0 aliphatic carbocycles. The van der Waals surface area contributed by atoms with Crippen molar-refractivity contribution in [3.8, 4) is 0 Å². The molecule has 0 aromatic carbocycles. The van der Waals surface area contributed by atoms with Crippen LogP contribution >= 0.6 is 0 Å². The summed E-state index contributed by atoms with van der Waals surface area (Å²) in [5.41, 5.74) is 0.0832. The van der Waals surface area contributed by atoms with Crippen LogP contribution in [0.5, 0.6) is 0 Å². The number of allylic oxidation sites excluding steroid dienone is 1. The van der Waals surface area contributed by atoms with Gasteiger partial charge in [-0.15, -0.1) is 0 Å². The van der Waals surface area contributed by atoms with Crippen molar-refractivity contribution in [2.45, 2.75) is 32.8 Å². The van der Waals surface area contributed by atoms with E-state index in [0.29, 0.717) is 0 Å². The van der Waals surface area contributed by atoms with Gasteiger partial charge in [-0.1, -0.05) is 19.1 Å². The molecule has 1 rings (SSSR count). The molecule has 0 spiro atoms. The van der Waals surface area contributed by atoms with Crippen LogP contribution in [0.2, 0.25) is 0 Å². The van der Waals surface area contributed by atoms with Crippen molar-refractivity contribution in [2.75, 3.05) is 26.2 Å². The van der Waals surface area contributed by atoms with Crippen LogP contribution in [-0.2, 0) is 4.74 Å². The molecule has 0 bridgehead atoms. The van der Waals surface area contributed by atoms with Gasteiger partial charge in [-0.2, -0.15) is 0 Å². The molecule has 0 amide bonds. The fraction of sp³-hybridized carbons (Fsp3) is 0.818. The molecule has 1 saturated heterocycles. The standard InChI is InChI=1S/C11H21NO/c1-4-6-7-12-8-9-13-11(3,5-2)10-12/h4,6H,5,7-10H2,1-3H3/b6-4+. The number of rotatable bonds is 3. The molecular formula is C11H21NO. The van der Waals surface area contributed by atoms with E-state index < -0.39 is 0 Å². The maximum atomic E-state index is 5.76. The van der Waals surface area contributed by atoms with E-state index in [4.69, 9.17) is 4.74 Å². The smallest absolute Gasteiger partial charge is 0.0779 e. The molecule has 1 fully saturated rings. The van der Waals surface area contributed by atoms with Gasteiger partial charge in [-0.3, -0.25) is 4.90 Å². The summed E-state index contributed by atoms with van der Waals surface area (Å²) >= 11 is 0. The second-order valence-electron chi connectivity index (χ2n) is 3.96. The number of hydrogen-bond acceptors (Lipinski definition) is 2. The molecule has 76 valence electrons. The van der Waals surface area contributed by atoms with Crippen molar-refractivity contribution in [3.63, 3.8) is 0 Å². The molecule has 1 atom stereocenters. The van der Waals surface area contributed by atoms with E-state index in [2.05, 4.69) is 37.8 Å². The van der Waals surface area contributed by atoms with Crippen molar-refractivity contribution in [2.24, 2.45) is 0 Å². The maximum absolute atomic E-state index is 5.76. The van der Waals surface area contributed by atoms with Crippen LogP contribution in [0.25, 0.3) is 0 Å². The normalized spacial score (nSPS) is 31.3. The third-order valence-corrected chi connectivity index (χ3v) is 2.76. The average Bonchev–Trinajstić information content (AvgIpc) is 2.15. The maximum Gasteiger partial charge on any atom is 0.0779 e. The highest BCUT2D eigenvalue weighted by Crippen LogP contribution is 2.20. The van der Waals surface area contributed by atoms with Crippen molar-refractivity contribution in [3.05, 3.63) is 12.2 Å². The molecule has 0 aromatic rings. The van der Waals surface area contributed by atoms with Gasteiger partial charge in [0.25, 0.3) is 0 Å². The molecule has 0 radical (unpaired) electrons. The Labute approximate surface area is 81.6 Å². The van der Waals surface area contributed by atoms with E-state index in [9.17, 15) is 0 Å². The summed E-state index contributed by atoms with van der Waals surface area (Å²) in [4.78, 5) is 2.45. The molecule has 2 heteroatoms. The second-order valence-corrected chi connectivity index (χ2v) is 3.96. The van der Waals surface area contributed by atoms with Gasteiger partial charge in [0.2, 0.25) is 0 Å².